The number of carbonyl (C=O) groups excluding carboxylic acids is 1. The number of hydrogen-bond acceptors (Lipinski definition) is 2. The van der Waals surface area contributed by atoms with Crippen LogP contribution in [0.5, 0.6) is 0 Å². The molecule has 102 valence electrons. The van der Waals surface area contributed by atoms with Crippen LogP contribution in [0, 0.1) is 0 Å². The van der Waals surface area contributed by atoms with Crippen molar-refractivity contribution in [2.45, 2.75) is 59.5 Å². The Hall–Kier alpha value is -1.31. The summed E-state index contributed by atoms with van der Waals surface area (Å²) in [5.41, 5.74) is 1.02. The lowest BCUT2D eigenvalue weighted by Crippen LogP contribution is -1.97. The Bertz CT molecular complexity index is 289. The number of hydrogen-bond donors (Lipinski definition) is 0. The summed E-state index contributed by atoms with van der Waals surface area (Å²) in [7, 11) is 0. The van der Waals surface area contributed by atoms with Crippen molar-refractivity contribution in [3.63, 3.8) is 0 Å². The van der Waals surface area contributed by atoms with Gasteiger partial charge in [0.05, 0.1) is 0 Å². The van der Waals surface area contributed by atoms with Crippen LogP contribution in [0.2, 0.25) is 0 Å². The highest BCUT2D eigenvalue weighted by Gasteiger charge is 1.93. The van der Waals surface area contributed by atoms with E-state index in [0.717, 1.165) is 5.56 Å². The van der Waals surface area contributed by atoms with Crippen molar-refractivity contribution < 1.29 is 9.53 Å². The zero-order valence-electron chi connectivity index (χ0n) is 11.9. The van der Waals surface area contributed by atoms with Crippen LogP contribution in [-0.2, 0) is 16.1 Å². The Morgan fingerprint density at radius 3 is 2.00 bits per heavy atom. The third-order valence-corrected chi connectivity index (χ3v) is 2.49. The molecule has 18 heavy (non-hydrogen) atoms. The van der Waals surface area contributed by atoms with Gasteiger partial charge < -0.3 is 4.74 Å². The van der Waals surface area contributed by atoms with Gasteiger partial charge in [0, 0.05) is 6.92 Å². The van der Waals surface area contributed by atoms with Crippen LogP contribution >= 0.6 is 0 Å². The molecule has 0 radical (unpaired) electrons. The van der Waals surface area contributed by atoms with Gasteiger partial charge in [-0.3, -0.25) is 4.79 Å². The highest BCUT2D eigenvalue weighted by atomic mass is 16.5. The van der Waals surface area contributed by atoms with Crippen molar-refractivity contribution in [2.75, 3.05) is 0 Å². The standard InChI is InChI=1S/C9H10O2.C7H16/c1-8(10)11-7-9-5-3-2-4-6-9;1-3-5-7-6-4-2/h2-6H,7H2,1H3;3-7H2,1-2H3. The molecule has 0 aliphatic carbocycles. The summed E-state index contributed by atoms with van der Waals surface area (Å²) in [6, 6.07) is 9.60. The molecule has 2 nitrogen and oxygen atoms in total. The Labute approximate surface area is 111 Å². The third kappa shape index (κ3) is 11.2. The van der Waals surface area contributed by atoms with E-state index in [4.69, 9.17) is 4.74 Å². The molecule has 1 aromatic carbocycles. The highest BCUT2D eigenvalue weighted by Crippen LogP contribution is 2.00. The van der Waals surface area contributed by atoms with Gasteiger partial charge in [0.1, 0.15) is 6.61 Å². The second-order valence-electron chi connectivity index (χ2n) is 4.33. The predicted octanol–water partition coefficient (Wildman–Crippen LogP) is 4.73. The monoisotopic (exact) mass is 250 g/mol. The third-order valence-electron chi connectivity index (χ3n) is 2.49. The fraction of sp³-hybridized carbons (Fsp3) is 0.562. The van der Waals surface area contributed by atoms with Crippen LogP contribution in [0.4, 0.5) is 0 Å². The van der Waals surface area contributed by atoms with Crippen LogP contribution < -0.4 is 0 Å². The number of rotatable bonds is 6. The Kier molecular flexibility index (Phi) is 11.3. The van der Waals surface area contributed by atoms with Gasteiger partial charge in [-0.15, -0.1) is 0 Å². The molecule has 0 saturated carbocycles. The lowest BCUT2D eigenvalue weighted by Gasteiger charge is -1.99. The molecular weight excluding hydrogens is 224 g/mol. The number of ether oxygens (including phenoxy) is 1. The first kappa shape index (κ1) is 16.7. The summed E-state index contributed by atoms with van der Waals surface area (Å²) in [5, 5.41) is 0. The van der Waals surface area contributed by atoms with Gasteiger partial charge >= 0.3 is 5.97 Å². The Morgan fingerprint density at radius 1 is 1.00 bits per heavy atom. The van der Waals surface area contributed by atoms with Crippen molar-refractivity contribution in [1.82, 2.24) is 0 Å². The van der Waals surface area contributed by atoms with Gasteiger partial charge in [0.25, 0.3) is 0 Å². The fourth-order valence-corrected chi connectivity index (χ4v) is 1.44. The Balaban J connectivity index is 0.000000360. The maximum atomic E-state index is 10.4. The van der Waals surface area contributed by atoms with E-state index in [9.17, 15) is 4.79 Å². The van der Waals surface area contributed by atoms with E-state index in [1.807, 2.05) is 30.3 Å². The molecule has 2 heteroatoms. The normalized spacial score (nSPS) is 9.28. The maximum absolute atomic E-state index is 10.4. The van der Waals surface area contributed by atoms with Crippen LogP contribution in [0.3, 0.4) is 0 Å². The molecule has 0 heterocycles. The van der Waals surface area contributed by atoms with E-state index < -0.39 is 0 Å². The molecular formula is C16H26O2. The first-order valence-electron chi connectivity index (χ1n) is 6.88. The zero-order valence-corrected chi connectivity index (χ0v) is 11.9. The Morgan fingerprint density at radius 2 is 1.56 bits per heavy atom. The second-order valence-corrected chi connectivity index (χ2v) is 4.33. The minimum Gasteiger partial charge on any atom is -0.461 e. The minimum absolute atomic E-state index is 0.242. The van der Waals surface area contributed by atoms with E-state index >= 15 is 0 Å². The summed E-state index contributed by atoms with van der Waals surface area (Å²) >= 11 is 0. The SMILES string of the molecule is CC(=O)OCc1ccccc1.CCCCCCC. The average Bonchev–Trinajstić information content (AvgIpc) is 2.39. The zero-order chi connectivity index (χ0) is 13.6. The van der Waals surface area contributed by atoms with Gasteiger partial charge in [-0.1, -0.05) is 76.3 Å². The number of benzene rings is 1. The van der Waals surface area contributed by atoms with E-state index in [1.165, 1.54) is 39.0 Å². The molecule has 1 rings (SSSR count). The summed E-state index contributed by atoms with van der Waals surface area (Å²) < 4.78 is 4.79. The summed E-state index contributed by atoms with van der Waals surface area (Å²) in [4.78, 5) is 10.4. The number of esters is 1. The van der Waals surface area contributed by atoms with Crippen LogP contribution in [0.25, 0.3) is 0 Å². The van der Waals surface area contributed by atoms with Gasteiger partial charge in [0.15, 0.2) is 0 Å². The van der Waals surface area contributed by atoms with Crippen LogP contribution in [0.1, 0.15) is 58.4 Å². The first-order valence-corrected chi connectivity index (χ1v) is 6.88. The molecule has 0 aliphatic heterocycles. The van der Waals surface area contributed by atoms with Crippen LogP contribution in [-0.4, -0.2) is 5.97 Å². The van der Waals surface area contributed by atoms with Crippen LogP contribution in [0.15, 0.2) is 30.3 Å². The smallest absolute Gasteiger partial charge is 0.302 e. The molecule has 0 bridgehead atoms. The fourth-order valence-electron chi connectivity index (χ4n) is 1.44. The molecule has 0 aliphatic rings. The van der Waals surface area contributed by atoms with E-state index in [2.05, 4.69) is 13.8 Å². The molecule has 0 fully saturated rings. The van der Waals surface area contributed by atoms with Crippen molar-refractivity contribution >= 4 is 5.97 Å². The van der Waals surface area contributed by atoms with Crippen molar-refractivity contribution in [3.05, 3.63) is 35.9 Å². The predicted molar refractivity (Wildman–Crippen MR) is 76.3 cm³/mol. The van der Waals surface area contributed by atoms with Gasteiger partial charge in [-0.05, 0) is 5.56 Å². The van der Waals surface area contributed by atoms with Gasteiger partial charge in [-0.25, -0.2) is 0 Å². The topological polar surface area (TPSA) is 26.3 Å². The lowest BCUT2D eigenvalue weighted by molar-refractivity contribution is -0.142. The second kappa shape index (κ2) is 12.2. The number of carbonyl (C=O) groups is 1. The summed E-state index contributed by atoms with van der Waals surface area (Å²) in [6.07, 6.45) is 7.01. The molecule has 0 unspecified atom stereocenters. The molecule has 1 aromatic rings. The summed E-state index contributed by atoms with van der Waals surface area (Å²) in [6.45, 7) is 6.27. The molecule has 0 atom stereocenters. The van der Waals surface area contributed by atoms with E-state index in [0.29, 0.717) is 6.61 Å². The molecule has 0 amide bonds. The quantitative estimate of drug-likeness (QED) is 0.539. The van der Waals surface area contributed by atoms with Gasteiger partial charge in [0.2, 0.25) is 0 Å². The minimum atomic E-state index is -0.242. The molecule has 0 aromatic heterocycles. The van der Waals surface area contributed by atoms with Gasteiger partial charge in [-0.2, -0.15) is 0 Å². The number of unbranched alkanes of at least 4 members (excludes halogenated alkanes) is 4. The van der Waals surface area contributed by atoms with E-state index in [-0.39, 0.29) is 5.97 Å². The largest absolute Gasteiger partial charge is 0.461 e. The molecule has 0 spiro atoms. The van der Waals surface area contributed by atoms with Crippen molar-refractivity contribution in [2.24, 2.45) is 0 Å². The lowest BCUT2D eigenvalue weighted by atomic mass is 10.2. The summed E-state index contributed by atoms with van der Waals surface area (Å²) in [5.74, 6) is -0.242. The van der Waals surface area contributed by atoms with Crippen molar-refractivity contribution in [3.8, 4) is 0 Å². The molecule has 0 N–H and O–H groups in total. The highest BCUT2D eigenvalue weighted by molar-refractivity contribution is 5.65. The van der Waals surface area contributed by atoms with E-state index in [1.54, 1.807) is 0 Å². The van der Waals surface area contributed by atoms with Crippen molar-refractivity contribution in [1.29, 1.82) is 0 Å². The molecule has 0 saturated heterocycles. The average molecular weight is 250 g/mol. The maximum Gasteiger partial charge on any atom is 0.302 e. The first-order chi connectivity index (χ1) is 8.70.